The van der Waals surface area contributed by atoms with Crippen molar-refractivity contribution in [1.29, 1.82) is 0 Å². The van der Waals surface area contributed by atoms with Crippen molar-refractivity contribution >= 4 is 111 Å². The Balaban J connectivity index is 0.00000252. The Morgan fingerprint density at radius 3 is 1.00 bits per heavy atom. The third-order valence-corrected chi connectivity index (χ3v) is 47.7. The largest absolute Gasteiger partial charge is 0.475 e. The number of carbonyl (C=O) groups excluding carboxylic acids is 1. The van der Waals surface area contributed by atoms with Gasteiger partial charge in [0.15, 0.2) is 0 Å². The molecule has 0 aliphatic carbocycles. The number of carbonyl (C=O) groups is 1. The molecule has 6 fully saturated rings. The van der Waals surface area contributed by atoms with E-state index in [4.69, 9.17) is 57.6 Å². The first kappa shape index (κ1) is 43.8. The quantitative estimate of drug-likeness (QED) is 0.445. The normalized spacial score (nSPS) is 42.6. The molecule has 2 aromatic carbocycles. The van der Waals surface area contributed by atoms with Crippen molar-refractivity contribution in [2.75, 3.05) is 5.32 Å². The summed E-state index contributed by atoms with van der Waals surface area (Å²) in [5, 5.41) is 4.27. The van der Waals surface area contributed by atoms with E-state index in [0.717, 1.165) is 10.8 Å². The molecule has 0 spiro atoms. The van der Waals surface area contributed by atoms with Crippen LogP contribution in [0.5, 0.6) is 0 Å². The molecule has 0 saturated carbocycles. The van der Waals surface area contributed by atoms with Gasteiger partial charge < -0.3 is 62.9 Å². The van der Waals surface area contributed by atoms with E-state index in [1.54, 1.807) is 64.5 Å². The zero-order valence-corrected chi connectivity index (χ0v) is 45.6. The van der Waals surface area contributed by atoms with Crippen LogP contribution in [0.3, 0.4) is 0 Å². The Morgan fingerprint density at radius 1 is 0.471 bits per heavy atom. The summed E-state index contributed by atoms with van der Waals surface area (Å²) in [5.41, 5.74) is 1.69. The van der Waals surface area contributed by atoms with Gasteiger partial charge in [0.1, 0.15) is 0 Å². The van der Waals surface area contributed by atoms with Crippen LogP contribution in [0.25, 0.3) is 0 Å². The summed E-state index contributed by atoms with van der Waals surface area (Å²) < 4.78 is 96.3. The van der Waals surface area contributed by atoms with E-state index in [2.05, 4.69) is 5.32 Å². The van der Waals surface area contributed by atoms with Gasteiger partial charge in [0.05, 0.1) is 0 Å². The number of hydrogen-bond donors (Lipinski definition) is 1. The van der Waals surface area contributed by atoms with Crippen LogP contribution in [0.4, 0.5) is 5.69 Å². The third-order valence-electron chi connectivity index (χ3n) is 7.55. The smallest absolute Gasteiger partial charge is 0.390 e. The number of nitrogens with one attached hydrogen (secondary N) is 1. The first-order valence-corrected chi connectivity index (χ1v) is 36.0. The molecule has 51 heavy (non-hydrogen) atoms. The summed E-state index contributed by atoms with van der Waals surface area (Å²) in [4.78, 5) is 11.7. The third kappa shape index (κ3) is 9.89. The van der Waals surface area contributed by atoms with Crippen molar-refractivity contribution in [3.05, 3.63) is 54.1 Å². The summed E-state index contributed by atoms with van der Waals surface area (Å²) in [7, 11) is -36.0. The van der Waals surface area contributed by atoms with Crippen molar-refractivity contribution in [3.8, 4) is 0 Å². The van der Waals surface area contributed by atoms with Gasteiger partial charge in [-0.15, -0.1) is 0 Å². The predicted molar refractivity (Wildman–Crippen MR) is 191 cm³/mol. The minimum absolute atomic E-state index is 0. The molecule has 4 radical (unpaired) electrons. The van der Waals surface area contributed by atoms with E-state index >= 15 is 0 Å². The first-order valence-electron chi connectivity index (χ1n) is 15.6. The number of aryl methyl sites for hydroxylation is 1. The van der Waals surface area contributed by atoms with E-state index in [0.29, 0.717) is 10.9 Å². The minimum Gasteiger partial charge on any atom is -0.390 e. The molecule has 1 amide bonds. The molecule has 28 heteroatoms. The zero-order chi connectivity index (χ0) is 35.3. The SMILES string of the molecule is CC(=O)Nc1ccc([Si]2O[Si]3(C)O[Si]4(C)O[Si]5(C)O[Si](c6ccc(C)cc6)O[Si]6(C)O[Si](C)(O[Si](C)(O2)O[Si](C)(O6)O[Si](C)(O5)O3)O4)cc1.[Y].[Y]. The van der Waals surface area contributed by atoms with Gasteiger partial charge in [-0.2, -0.15) is 0 Å². The van der Waals surface area contributed by atoms with Gasteiger partial charge in [0, 0.05) is 130 Å². The van der Waals surface area contributed by atoms with Crippen LogP contribution in [-0.4, -0.2) is 94.9 Å². The molecule has 4 unspecified atom stereocenters. The molecule has 8 bridgehead atoms. The van der Waals surface area contributed by atoms with Crippen molar-refractivity contribution in [2.45, 2.75) is 66.2 Å². The maximum atomic E-state index is 11.7. The van der Waals surface area contributed by atoms with Gasteiger partial charge in [0.25, 0.3) is 0 Å². The molecule has 16 nitrogen and oxygen atoms in total. The van der Waals surface area contributed by atoms with Crippen molar-refractivity contribution in [2.24, 2.45) is 0 Å². The molecule has 6 aliphatic rings. The molecule has 6 saturated heterocycles. The molecule has 1 N–H and O–H groups in total. The Labute approximate surface area is 360 Å². The van der Waals surface area contributed by atoms with Gasteiger partial charge in [0.2, 0.25) is 5.91 Å². The summed E-state index contributed by atoms with van der Waals surface area (Å²) >= 11 is 0. The summed E-state index contributed by atoms with van der Waals surface area (Å²) in [6, 6.07) is 15.0. The monoisotopic (exact) mass is 1030 g/mol. The fraction of sp³-hybridized carbons (Fsp3) is 0.435. The molecule has 6 heterocycles. The second kappa shape index (κ2) is 15.2. The fourth-order valence-corrected chi connectivity index (χ4v) is 55.6. The Kier molecular flexibility index (Phi) is 13.0. The average molecular weight is 1030 g/mol. The van der Waals surface area contributed by atoms with Gasteiger partial charge in [-0.3, -0.25) is 4.79 Å². The van der Waals surface area contributed by atoms with Crippen LogP contribution in [0.15, 0.2) is 48.5 Å². The molecule has 6 aliphatic heterocycles. The van der Waals surface area contributed by atoms with Crippen molar-refractivity contribution < 1.29 is 128 Å². The number of hydrogen-bond acceptors (Lipinski definition) is 15. The van der Waals surface area contributed by atoms with Crippen molar-refractivity contribution in [3.63, 3.8) is 0 Å². The van der Waals surface area contributed by atoms with Gasteiger partial charge >= 0.3 is 89.0 Å². The number of fused-ring (bicyclic) bond motifs is 4. The second-order valence-electron chi connectivity index (χ2n) is 13.0. The maximum Gasteiger partial charge on any atom is 0.475 e. The summed E-state index contributed by atoms with van der Waals surface area (Å²) in [6.07, 6.45) is 0. The van der Waals surface area contributed by atoms with Crippen LogP contribution in [-0.2, 0) is 128 Å². The molecule has 2 aromatic rings. The number of anilines is 1. The van der Waals surface area contributed by atoms with Crippen LogP contribution in [0.1, 0.15) is 12.5 Å². The van der Waals surface area contributed by atoms with E-state index < -0.39 is 89.0 Å². The van der Waals surface area contributed by atoms with E-state index in [1.807, 2.05) is 43.3 Å². The van der Waals surface area contributed by atoms with Gasteiger partial charge in [-0.1, -0.05) is 42.0 Å². The van der Waals surface area contributed by atoms with Crippen molar-refractivity contribution in [1.82, 2.24) is 0 Å². The Morgan fingerprint density at radius 2 is 0.725 bits per heavy atom. The average Bonchev–Trinajstić information content (AvgIpc) is 2.87. The topological polar surface area (TPSA) is 158 Å². The van der Waals surface area contributed by atoms with E-state index in [9.17, 15) is 4.79 Å². The molecule has 272 valence electrons. The molecule has 0 aromatic heterocycles. The fourth-order valence-electron chi connectivity index (χ4n) is 6.40. The van der Waals surface area contributed by atoms with Crippen LogP contribution >= 0.6 is 0 Å². The summed E-state index contributed by atoms with van der Waals surface area (Å²) in [6.45, 7) is 17.4. The Hall–Kier alpha value is 1.73. The van der Waals surface area contributed by atoms with Gasteiger partial charge in [-0.05, 0) is 29.4 Å². The maximum absolute atomic E-state index is 11.7. The zero-order valence-electron chi connectivity index (χ0n) is 29.9. The summed E-state index contributed by atoms with van der Waals surface area (Å²) in [5.74, 6) is -0.191. The van der Waals surface area contributed by atoms with Crippen LogP contribution < -0.4 is 15.7 Å². The van der Waals surface area contributed by atoms with Crippen LogP contribution in [0, 0.1) is 6.92 Å². The minimum atomic E-state index is -3.93. The molecular formula is C23H39NO15Si10Y2. The molecule has 8 rings (SSSR count). The predicted octanol–water partition coefficient (Wildman–Crippen LogP) is 1.89. The number of amides is 1. The van der Waals surface area contributed by atoms with E-state index in [-0.39, 0.29) is 71.3 Å². The van der Waals surface area contributed by atoms with Gasteiger partial charge in [-0.25, -0.2) is 0 Å². The standard InChI is InChI=1S/C23H39NO15Si10.2Y/c1-19-11-15-22(16-12-19)40-26-42(3)30-46(7)34-44(5)28-41(23-17-13-21(14-18-23)24-20(2)25)29-45(6)36-48(9,38-46)32-43(4,27-40)33-49(10,37-45)39-47(8,31-42)35-44;;/h11-18H,1-10H3,(H,24,25);;. The van der Waals surface area contributed by atoms with E-state index in [1.165, 1.54) is 6.92 Å². The first-order chi connectivity index (χ1) is 22.6. The molecule has 4 atom stereocenters. The second-order valence-corrected chi connectivity index (χ2v) is 40.6. The molecular weight excluding hydrogens is 989 g/mol. The number of benzene rings is 2. The van der Waals surface area contributed by atoms with Crippen LogP contribution in [0.2, 0.25) is 52.4 Å². The Bertz CT molecular complexity index is 1540. The number of rotatable bonds is 3.